The van der Waals surface area contributed by atoms with Crippen molar-refractivity contribution < 1.29 is 9.53 Å². The van der Waals surface area contributed by atoms with Gasteiger partial charge in [-0.1, -0.05) is 6.92 Å². The minimum Gasteiger partial charge on any atom is -0.460 e. The molecule has 1 aliphatic rings. The van der Waals surface area contributed by atoms with Crippen LogP contribution in [0.2, 0.25) is 0 Å². The van der Waals surface area contributed by atoms with Gasteiger partial charge in [0.1, 0.15) is 11.7 Å². The lowest BCUT2D eigenvalue weighted by atomic mass is 10.1. The number of nitrogens with zero attached hydrogens (tertiary/aromatic N) is 4. The minimum atomic E-state index is -0.268. The fourth-order valence-electron chi connectivity index (χ4n) is 2.84. The van der Waals surface area contributed by atoms with Gasteiger partial charge in [0.15, 0.2) is 0 Å². The van der Waals surface area contributed by atoms with Gasteiger partial charge in [-0.2, -0.15) is 0 Å². The molecule has 0 atom stereocenters. The van der Waals surface area contributed by atoms with Crippen molar-refractivity contribution in [1.29, 1.82) is 0 Å². The molecule has 132 valence electrons. The summed E-state index contributed by atoms with van der Waals surface area (Å²) in [5, 5.41) is 0. The molecule has 25 heavy (non-hydrogen) atoms. The van der Waals surface area contributed by atoms with E-state index in [1.807, 2.05) is 6.92 Å². The number of likely N-dealkylation sites (tertiary alicyclic amines) is 1. The van der Waals surface area contributed by atoms with E-state index in [-0.39, 0.29) is 23.1 Å². The van der Waals surface area contributed by atoms with Crippen LogP contribution in [0.25, 0.3) is 0 Å². The largest absolute Gasteiger partial charge is 0.460 e. The molecular weight excluding hydrogens is 320 g/mol. The fraction of sp³-hybridized carbons (Fsp3) is 0.444. The number of hydrogen-bond acceptors (Lipinski definition) is 5. The number of carbonyl (C=O) groups excluding carboxylic acids is 1. The first-order valence-corrected chi connectivity index (χ1v) is 8.51. The molecule has 0 aliphatic carbocycles. The number of rotatable bonds is 4. The van der Waals surface area contributed by atoms with Crippen molar-refractivity contribution in [3.05, 3.63) is 52.2 Å². The van der Waals surface area contributed by atoms with Crippen molar-refractivity contribution in [2.45, 2.75) is 32.3 Å². The predicted octanol–water partition coefficient (Wildman–Crippen LogP) is 1.42. The molecule has 0 saturated carbocycles. The molecule has 2 aromatic rings. The summed E-state index contributed by atoms with van der Waals surface area (Å²) in [7, 11) is 1.64. The second-order valence-electron chi connectivity index (χ2n) is 6.17. The third-order valence-electron chi connectivity index (χ3n) is 4.44. The second kappa shape index (κ2) is 7.46. The first kappa shape index (κ1) is 17.1. The maximum Gasteiger partial charge on any atom is 0.316 e. The Kier molecular flexibility index (Phi) is 5.11. The van der Waals surface area contributed by atoms with Crippen LogP contribution < -0.4 is 10.3 Å². The number of hydrogen-bond donors (Lipinski definition) is 0. The topological polar surface area (TPSA) is 77.3 Å². The average molecular weight is 342 g/mol. The summed E-state index contributed by atoms with van der Waals surface area (Å²) < 4.78 is 7.22. The van der Waals surface area contributed by atoms with Gasteiger partial charge in [-0.05, 0) is 24.1 Å². The van der Waals surface area contributed by atoms with E-state index in [9.17, 15) is 9.59 Å². The van der Waals surface area contributed by atoms with Gasteiger partial charge in [-0.25, -0.2) is 9.97 Å². The fourth-order valence-corrected chi connectivity index (χ4v) is 2.84. The third kappa shape index (κ3) is 3.87. The molecule has 0 radical (unpaired) electrons. The number of aromatic nitrogens is 3. The Morgan fingerprint density at radius 2 is 1.96 bits per heavy atom. The Hall–Kier alpha value is -2.70. The Labute approximate surface area is 146 Å². The van der Waals surface area contributed by atoms with Crippen LogP contribution in [0.3, 0.4) is 0 Å². The molecule has 2 aromatic heterocycles. The van der Waals surface area contributed by atoms with Gasteiger partial charge >= 0.3 is 6.01 Å². The van der Waals surface area contributed by atoms with Crippen LogP contribution in [0.5, 0.6) is 6.01 Å². The second-order valence-corrected chi connectivity index (χ2v) is 6.17. The van der Waals surface area contributed by atoms with E-state index in [0.29, 0.717) is 31.9 Å². The van der Waals surface area contributed by atoms with Crippen LogP contribution in [0.15, 0.2) is 35.5 Å². The predicted molar refractivity (Wildman–Crippen MR) is 92.6 cm³/mol. The zero-order valence-corrected chi connectivity index (χ0v) is 14.5. The molecular formula is C18H22N4O3. The molecule has 0 N–H and O–H groups in total. The summed E-state index contributed by atoms with van der Waals surface area (Å²) in [5.74, 6) is -0.219. The van der Waals surface area contributed by atoms with E-state index in [1.54, 1.807) is 42.7 Å². The van der Waals surface area contributed by atoms with Crippen LogP contribution in [-0.4, -0.2) is 44.5 Å². The summed E-state index contributed by atoms with van der Waals surface area (Å²) in [6.45, 7) is 3.15. The van der Waals surface area contributed by atoms with Crippen LogP contribution in [0.1, 0.15) is 35.7 Å². The molecule has 7 heteroatoms. The number of amides is 1. The Morgan fingerprint density at radius 1 is 1.28 bits per heavy atom. The lowest BCUT2D eigenvalue weighted by Gasteiger charge is -2.31. The van der Waals surface area contributed by atoms with E-state index >= 15 is 0 Å². The number of piperidine rings is 1. The molecule has 1 amide bonds. The third-order valence-corrected chi connectivity index (χ3v) is 4.44. The van der Waals surface area contributed by atoms with Crippen LogP contribution in [0.4, 0.5) is 0 Å². The lowest BCUT2D eigenvalue weighted by Crippen LogP contribution is -2.43. The highest BCUT2D eigenvalue weighted by Gasteiger charge is 2.26. The molecule has 1 aliphatic heterocycles. The highest BCUT2D eigenvalue weighted by atomic mass is 16.5. The molecule has 1 fully saturated rings. The smallest absolute Gasteiger partial charge is 0.316 e. The molecule has 0 spiro atoms. The van der Waals surface area contributed by atoms with Gasteiger partial charge < -0.3 is 14.2 Å². The number of ether oxygens (including phenoxy) is 1. The maximum atomic E-state index is 12.6. The average Bonchev–Trinajstić information content (AvgIpc) is 2.65. The zero-order chi connectivity index (χ0) is 17.8. The Balaban J connectivity index is 1.58. The molecule has 0 unspecified atom stereocenters. The summed E-state index contributed by atoms with van der Waals surface area (Å²) in [6, 6.07) is 3.66. The summed E-state index contributed by atoms with van der Waals surface area (Å²) in [6.07, 6.45) is 7.44. The van der Waals surface area contributed by atoms with E-state index in [2.05, 4.69) is 9.97 Å². The minimum absolute atomic E-state index is 0.0184. The first-order valence-electron chi connectivity index (χ1n) is 8.51. The SMILES string of the molecule is CCc1cnc(OC2CCN(C(=O)c3cccn(C)c3=O)CC2)nc1. The molecule has 3 heterocycles. The van der Waals surface area contributed by atoms with Gasteiger partial charge in [0.2, 0.25) is 0 Å². The number of aryl methyl sites for hydroxylation is 2. The van der Waals surface area contributed by atoms with Gasteiger partial charge in [0.25, 0.3) is 11.5 Å². The van der Waals surface area contributed by atoms with Gasteiger partial charge in [-0.15, -0.1) is 0 Å². The van der Waals surface area contributed by atoms with Gasteiger partial charge in [0, 0.05) is 51.6 Å². The van der Waals surface area contributed by atoms with E-state index in [0.717, 1.165) is 12.0 Å². The van der Waals surface area contributed by atoms with Crippen LogP contribution in [0, 0.1) is 0 Å². The number of carbonyl (C=O) groups is 1. The molecule has 0 aromatic carbocycles. The maximum absolute atomic E-state index is 12.6. The normalized spacial score (nSPS) is 15.2. The van der Waals surface area contributed by atoms with Gasteiger partial charge in [-0.3, -0.25) is 9.59 Å². The van der Waals surface area contributed by atoms with Crippen molar-refractivity contribution in [2.24, 2.45) is 7.05 Å². The van der Waals surface area contributed by atoms with E-state index in [4.69, 9.17) is 4.74 Å². The van der Waals surface area contributed by atoms with E-state index < -0.39 is 0 Å². The molecule has 7 nitrogen and oxygen atoms in total. The van der Waals surface area contributed by atoms with Crippen molar-refractivity contribution in [2.75, 3.05) is 13.1 Å². The van der Waals surface area contributed by atoms with Crippen LogP contribution >= 0.6 is 0 Å². The van der Waals surface area contributed by atoms with E-state index in [1.165, 1.54) is 4.57 Å². The molecule has 1 saturated heterocycles. The van der Waals surface area contributed by atoms with Crippen molar-refractivity contribution >= 4 is 5.91 Å². The standard InChI is InChI=1S/C18H22N4O3/c1-3-13-11-19-18(20-12-13)25-14-6-9-22(10-7-14)17(24)15-5-4-8-21(2)16(15)23/h4-5,8,11-12,14H,3,6-7,9-10H2,1-2H3. The Morgan fingerprint density at radius 3 is 2.60 bits per heavy atom. The summed E-state index contributed by atoms with van der Waals surface area (Å²) in [4.78, 5) is 34.8. The molecule has 0 bridgehead atoms. The zero-order valence-electron chi connectivity index (χ0n) is 14.5. The van der Waals surface area contributed by atoms with Crippen molar-refractivity contribution in [1.82, 2.24) is 19.4 Å². The van der Waals surface area contributed by atoms with Crippen LogP contribution in [-0.2, 0) is 13.5 Å². The van der Waals surface area contributed by atoms with Crippen molar-refractivity contribution in [3.8, 4) is 6.01 Å². The lowest BCUT2D eigenvalue weighted by molar-refractivity contribution is 0.0576. The highest BCUT2D eigenvalue weighted by molar-refractivity contribution is 5.93. The Bertz CT molecular complexity index is 793. The molecule has 3 rings (SSSR count). The quantitative estimate of drug-likeness (QED) is 0.840. The van der Waals surface area contributed by atoms with Crippen molar-refractivity contribution in [3.63, 3.8) is 0 Å². The highest BCUT2D eigenvalue weighted by Crippen LogP contribution is 2.17. The number of pyridine rings is 1. The summed E-state index contributed by atoms with van der Waals surface area (Å²) >= 11 is 0. The summed E-state index contributed by atoms with van der Waals surface area (Å²) in [5.41, 5.74) is 1.01. The first-order chi connectivity index (χ1) is 12.1. The van der Waals surface area contributed by atoms with Gasteiger partial charge in [0.05, 0.1) is 0 Å². The monoisotopic (exact) mass is 342 g/mol.